The summed E-state index contributed by atoms with van der Waals surface area (Å²) in [5.74, 6) is -0.484. The quantitative estimate of drug-likeness (QED) is 0.649. The van der Waals surface area contributed by atoms with Crippen LogP contribution < -0.4 is 4.74 Å². The van der Waals surface area contributed by atoms with Gasteiger partial charge in [-0.05, 0) is 57.6 Å². The maximum atomic E-state index is 12.5. The SMILES string of the molecule is Cc1nc(-c2nnn(C)c2COC(=O)N(C)C2CCCC2)ccc1O[C@H]1CCC[C@H](C(=O)O)C1. The van der Waals surface area contributed by atoms with E-state index in [0.29, 0.717) is 41.4 Å². The Labute approximate surface area is 199 Å². The predicted octanol–water partition coefficient (Wildman–Crippen LogP) is 3.72. The number of hydrogen-bond acceptors (Lipinski definition) is 7. The molecule has 4 rings (SSSR count). The van der Waals surface area contributed by atoms with E-state index in [1.54, 1.807) is 29.7 Å². The molecule has 2 aromatic rings. The molecule has 10 nitrogen and oxygen atoms in total. The molecule has 2 aliphatic rings. The summed E-state index contributed by atoms with van der Waals surface area (Å²) in [5.41, 5.74) is 2.51. The fourth-order valence-electron chi connectivity index (χ4n) is 4.87. The van der Waals surface area contributed by atoms with Gasteiger partial charge in [0.2, 0.25) is 0 Å². The second kappa shape index (κ2) is 10.4. The van der Waals surface area contributed by atoms with Gasteiger partial charge in [-0.3, -0.25) is 4.79 Å². The Hall–Kier alpha value is -3.17. The Kier molecular flexibility index (Phi) is 7.33. The van der Waals surface area contributed by atoms with Crippen LogP contribution in [0.3, 0.4) is 0 Å². The van der Waals surface area contributed by atoms with Crippen LogP contribution >= 0.6 is 0 Å². The molecule has 0 bridgehead atoms. The van der Waals surface area contributed by atoms with Crippen molar-refractivity contribution in [1.29, 1.82) is 0 Å². The summed E-state index contributed by atoms with van der Waals surface area (Å²) in [6.45, 7) is 1.90. The molecule has 0 unspecified atom stereocenters. The van der Waals surface area contributed by atoms with Crippen molar-refractivity contribution in [2.45, 2.75) is 77.0 Å². The zero-order valence-electron chi connectivity index (χ0n) is 20.1. The maximum Gasteiger partial charge on any atom is 0.410 e. The summed E-state index contributed by atoms with van der Waals surface area (Å²) >= 11 is 0. The molecule has 2 heterocycles. The molecule has 34 heavy (non-hydrogen) atoms. The van der Waals surface area contributed by atoms with Gasteiger partial charge in [0, 0.05) is 20.1 Å². The Morgan fingerprint density at radius 2 is 1.94 bits per heavy atom. The molecule has 2 aromatic heterocycles. The van der Waals surface area contributed by atoms with Gasteiger partial charge < -0.3 is 19.5 Å². The highest BCUT2D eigenvalue weighted by Gasteiger charge is 2.29. The number of aryl methyl sites for hydroxylation is 2. The molecule has 0 spiro atoms. The molecule has 2 atom stereocenters. The normalized spacial score (nSPS) is 20.8. The first-order chi connectivity index (χ1) is 16.3. The van der Waals surface area contributed by atoms with E-state index in [-0.39, 0.29) is 30.8 Å². The summed E-state index contributed by atoms with van der Waals surface area (Å²) in [4.78, 5) is 30.2. The smallest absolute Gasteiger partial charge is 0.410 e. The molecule has 184 valence electrons. The van der Waals surface area contributed by atoms with E-state index in [4.69, 9.17) is 9.47 Å². The van der Waals surface area contributed by atoms with Crippen LogP contribution in [0.2, 0.25) is 0 Å². The molecular formula is C24H33N5O5. The number of carboxylic acid groups (broad SMARTS) is 1. The van der Waals surface area contributed by atoms with E-state index in [2.05, 4.69) is 15.3 Å². The maximum absolute atomic E-state index is 12.5. The first kappa shape index (κ1) is 24.0. The van der Waals surface area contributed by atoms with E-state index < -0.39 is 5.97 Å². The molecular weight excluding hydrogens is 438 g/mol. The fraction of sp³-hybridized carbons (Fsp3) is 0.625. The first-order valence-corrected chi connectivity index (χ1v) is 12.0. The van der Waals surface area contributed by atoms with Crippen molar-refractivity contribution in [1.82, 2.24) is 24.9 Å². The number of hydrogen-bond donors (Lipinski definition) is 1. The lowest BCUT2D eigenvalue weighted by Crippen LogP contribution is -2.35. The number of pyridine rings is 1. The zero-order chi connectivity index (χ0) is 24.2. The monoisotopic (exact) mass is 471 g/mol. The lowest BCUT2D eigenvalue weighted by Gasteiger charge is -2.27. The molecule has 0 radical (unpaired) electrons. The molecule has 10 heteroatoms. The Morgan fingerprint density at radius 1 is 1.18 bits per heavy atom. The van der Waals surface area contributed by atoms with Crippen molar-refractivity contribution in [3.8, 4) is 17.1 Å². The van der Waals surface area contributed by atoms with Crippen molar-refractivity contribution in [2.24, 2.45) is 13.0 Å². The van der Waals surface area contributed by atoms with Crippen LogP contribution in [0.4, 0.5) is 4.79 Å². The van der Waals surface area contributed by atoms with Crippen molar-refractivity contribution >= 4 is 12.1 Å². The summed E-state index contributed by atoms with van der Waals surface area (Å²) < 4.78 is 13.3. The standard InChI is InChI=1S/C24H33N5O5/c1-15-21(34-18-10-6-7-16(13-18)23(30)31)12-11-19(25-15)22-20(29(3)27-26-22)14-33-24(32)28(2)17-8-4-5-9-17/h11-12,16-18H,4-10,13-14H2,1-3H3,(H,30,31)/t16-,18-/m0/s1. The number of carboxylic acids is 1. The van der Waals surface area contributed by atoms with Gasteiger partial charge in [-0.1, -0.05) is 18.1 Å². The van der Waals surface area contributed by atoms with Crippen LogP contribution in [0.5, 0.6) is 5.75 Å². The topological polar surface area (TPSA) is 120 Å². The largest absolute Gasteiger partial charge is 0.489 e. The summed E-state index contributed by atoms with van der Waals surface area (Å²) in [5, 5.41) is 17.7. The first-order valence-electron chi connectivity index (χ1n) is 12.0. The van der Waals surface area contributed by atoms with E-state index >= 15 is 0 Å². The third-order valence-electron chi connectivity index (χ3n) is 6.98. The van der Waals surface area contributed by atoms with Crippen molar-refractivity contribution < 1.29 is 24.2 Å². The van der Waals surface area contributed by atoms with E-state index in [0.717, 1.165) is 38.5 Å². The number of ether oxygens (including phenoxy) is 2. The van der Waals surface area contributed by atoms with Gasteiger partial charge >= 0.3 is 12.1 Å². The molecule has 1 N–H and O–H groups in total. The van der Waals surface area contributed by atoms with Crippen LogP contribution in [0.1, 0.15) is 62.8 Å². The minimum Gasteiger partial charge on any atom is -0.489 e. The summed E-state index contributed by atoms with van der Waals surface area (Å²) in [6, 6.07) is 3.88. The van der Waals surface area contributed by atoms with Gasteiger partial charge in [-0.15, -0.1) is 5.10 Å². The number of carbonyl (C=O) groups excluding carboxylic acids is 1. The Balaban J connectivity index is 1.43. The zero-order valence-corrected chi connectivity index (χ0v) is 20.1. The number of carbonyl (C=O) groups is 2. The molecule has 0 aromatic carbocycles. The average molecular weight is 472 g/mol. The van der Waals surface area contributed by atoms with E-state index in [1.165, 1.54) is 0 Å². The van der Waals surface area contributed by atoms with Crippen LogP contribution in [0.15, 0.2) is 12.1 Å². The van der Waals surface area contributed by atoms with Crippen LogP contribution in [0.25, 0.3) is 11.4 Å². The van der Waals surface area contributed by atoms with Crippen molar-refractivity contribution in [3.63, 3.8) is 0 Å². The number of nitrogens with zero attached hydrogens (tertiary/aromatic N) is 5. The minimum absolute atomic E-state index is 0.0480. The van der Waals surface area contributed by atoms with Crippen LogP contribution in [-0.4, -0.2) is 61.2 Å². The fourth-order valence-corrected chi connectivity index (χ4v) is 4.87. The minimum atomic E-state index is -0.760. The second-order valence-corrected chi connectivity index (χ2v) is 9.33. The van der Waals surface area contributed by atoms with E-state index in [9.17, 15) is 14.7 Å². The summed E-state index contributed by atoms with van der Waals surface area (Å²) in [7, 11) is 3.54. The van der Waals surface area contributed by atoms with Gasteiger partial charge in [0.15, 0.2) is 0 Å². The molecule has 2 fully saturated rings. The second-order valence-electron chi connectivity index (χ2n) is 9.33. The molecule has 1 amide bonds. The summed E-state index contributed by atoms with van der Waals surface area (Å²) in [6.07, 6.45) is 6.70. The number of aliphatic carboxylic acids is 1. The predicted molar refractivity (Wildman–Crippen MR) is 123 cm³/mol. The van der Waals surface area contributed by atoms with Gasteiger partial charge in [0.1, 0.15) is 23.7 Å². The third-order valence-corrected chi connectivity index (χ3v) is 6.98. The highest BCUT2D eigenvalue weighted by atomic mass is 16.6. The van der Waals surface area contributed by atoms with Gasteiger partial charge in [0.05, 0.1) is 23.4 Å². The Morgan fingerprint density at radius 3 is 2.65 bits per heavy atom. The number of aromatic nitrogens is 4. The molecule has 0 aliphatic heterocycles. The van der Waals surface area contributed by atoms with Crippen LogP contribution in [0, 0.1) is 12.8 Å². The number of amides is 1. The van der Waals surface area contributed by atoms with Crippen molar-refractivity contribution in [3.05, 3.63) is 23.5 Å². The number of rotatable bonds is 7. The van der Waals surface area contributed by atoms with Crippen LogP contribution in [-0.2, 0) is 23.2 Å². The van der Waals surface area contributed by atoms with Crippen molar-refractivity contribution in [2.75, 3.05) is 7.05 Å². The Bertz CT molecular complexity index is 1030. The molecule has 2 saturated carbocycles. The van der Waals surface area contributed by atoms with E-state index in [1.807, 2.05) is 13.0 Å². The highest BCUT2D eigenvalue weighted by molar-refractivity contribution is 5.70. The lowest BCUT2D eigenvalue weighted by atomic mass is 9.87. The highest BCUT2D eigenvalue weighted by Crippen LogP contribution is 2.31. The average Bonchev–Trinajstić information content (AvgIpc) is 3.48. The molecule has 0 saturated heterocycles. The lowest BCUT2D eigenvalue weighted by molar-refractivity contribution is -0.143. The van der Waals surface area contributed by atoms with Gasteiger partial charge in [-0.2, -0.15) is 0 Å². The van der Waals surface area contributed by atoms with Gasteiger partial charge in [-0.25, -0.2) is 14.5 Å². The third kappa shape index (κ3) is 5.31. The molecule has 2 aliphatic carbocycles. The van der Waals surface area contributed by atoms with Gasteiger partial charge in [0.25, 0.3) is 0 Å².